The summed E-state index contributed by atoms with van der Waals surface area (Å²) in [7, 11) is 0. The van der Waals surface area contributed by atoms with Crippen molar-refractivity contribution >= 4 is 11.7 Å². The zero-order valence-electron chi connectivity index (χ0n) is 8.34. The summed E-state index contributed by atoms with van der Waals surface area (Å²) in [6.07, 6.45) is -2.34. The fourth-order valence-corrected chi connectivity index (χ4v) is 1.08. The van der Waals surface area contributed by atoms with Gasteiger partial charge in [0.25, 0.3) is 6.43 Å². The van der Waals surface area contributed by atoms with E-state index < -0.39 is 35.2 Å². The minimum absolute atomic E-state index is 0.0598. The minimum atomic E-state index is -3.07. The number of anilines is 1. The van der Waals surface area contributed by atoms with Gasteiger partial charge in [-0.1, -0.05) is 0 Å². The molecule has 0 aliphatic heterocycles. The Hall–Kier alpha value is -1.79. The van der Waals surface area contributed by atoms with Crippen LogP contribution < -0.4 is 5.73 Å². The van der Waals surface area contributed by atoms with Crippen LogP contribution in [0.2, 0.25) is 0 Å². The Morgan fingerprint density at radius 1 is 1.62 bits per heavy atom. The first-order valence-electron chi connectivity index (χ1n) is 4.38. The highest BCUT2D eigenvalue weighted by atomic mass is 19.3. The van der Waals surface area contributed by atoms with E-state index in [1.807, 2.05) is 0 Å². The number of hydrogen-bond acceptors (Lipinski definition) is 4. The molecule has 0 amide bonds. The number of carbonyl (C=O) groups excluding carboxylic acids is 1. The van der Waals surface area contributed by atoms with Gasteiger partial charge in [0.05, 0.1) is 18.5 Å². The number of alkyl halides is 2. The third-order valence-electron chi connectivity index (χ3n) is 1.76. The monoisotopic (exact) mass is 234 g/mol. The number of rotatable bonds is 3. The number of nitrogens with two attached hydrogens (primary N) is 1. The molecule has 0 fully saturated rings. The van der Waals surface area contributed by atoms with Crippen molar-refractivity contribution in [2.45, 2.75) is 13.3 Å². The van der Waals surface area contributed by atoms with E-state index >= 15 is 0 Å². The zero-order valence-corrected chi connectivity index (χ0v) is 8.34. The number of pyridine rings is 1. The number of aromatic nitrogens is 1. The van der Waals surface area contributed by atoms with Crippen LogP contribution in [0.15, 0.2) is 6.20 Å². The van der Waals surface area contributed by atoms with Gasteiger partial charge in [0.1, 0.15) is 11.3 Å². The Kier molecular flexibility index (Phi) is 3.70. The van der Waals surface area contributed by atoms with E-state index in [2.05, 4.69) is 9.72 Å². The molecule has 0 radical (unpaired) electrons. The third kappa shape index (κ3) is 2.23. The molecule has 2 N–H and O–H groups in total. The Morgan fingerprint density at radius 2 is 2.25 bits per heavy atom. The van der Waals surface area contributed by atoms with Crippen LogP contribution >= 0.6 is 0 Å². The number of nitrogen functional groups attached to an aromatic ring is 1. The molecule has 0 saturated heterocycles. The lowest BCUT2D eigenvalue weighted by Crippen LogP contribution is -2.14. The smallest absolute Gasteiger partial charge is 0.343 e. The number of esters is 1. The van der Waals surface area contributed by atoms with E-state index in [0.717, 1.165) is 6.20 Å². The van der Waals surface area contributed by atoms with Gasteiger partial charge in [-0.25, -0.2) is 18.0 Å². The molecule has 0 aliphatic rings. The number of carbonyl (C=O) groups is 1. The van der Waals surface area contributed by atoms with Gasteiger partial charge in [-0.3, -0.25) is 4.98 Å². The molecular formula is C9H9F3N2O2. The molecule has 7 heteroatoms. The van der Waals surface area contributed by atoms with Crippen LogP contribution in [0.1, 0.15) is 29.4 Å². The molecule has 0 atom stereocenters. The van der Waals surface area contributed by atoms with Gasteiger partial charge < -0.3 is 10.5 Å². The molecule has 16 heavy (non-hydrogen) atoms. The summed E-state index contributed by atoms with van der Waals surface area (Å²) in [6.45, 7) is 1.41. The molecule has 0 unspecified atom stereocenters. The van der Waals surface area contributed by atoms with Crippen molar-refractivity contribution in [2.24, 2.45) is 0 Å². The predicted molar refractivity (Wildman–Crippen MR) is 49.5 cm³/mol. The summed E-state index contributed by atoms with van der Waals surface area (Å²) >= 11 is 0. The highest BCUT2D eigenvalue weighted by molar-refractivity contribution is 5.92. The number of hydrogen-bond donors (Lipinski definition) is 1. The normalized spacial score (nSPS) is 10.6. The number of ether oxygens (including phenoxy) is 1. The van der Waals surface area contributed by atoms with Gasteiger partial charge in [-0.15, -0.1) is 0 Å². The Morgan fingerprint density at radius 3 is 2.75 bits per heavy atom. The Labute approximate surface area is 89.2 Å². The first-order valence-corrected chi connectivity index (χ1v) is 4.38. The molecule has 1 heterocycles. The van der Waals surface area contributed by atoms with Gasteiger partial charge in [0, 0.05) is 0 Å². The molecular weight excluding hydrogens is 225 g/mol. The average molecular weight is 234 g/mol. The standard InChI is InChI=1S/C9H9F3N2O2/c1-2-16-9(15)5-6(10)4(13)3-14-7(5)8(11)12/h3,8H,2,13H2,1H3. The molecule has 0 saturated carbocycles. The second kappa shape index (κ2) is 4.82. The van der Waals surface area contributed by atoms with Crippen LogP contribution in [0.25, 0.3) is 0 Å². The summed E-state index contributed by atoms with van der Waals surface area (Å²) in [6, 6.07) is 0. The first kappa shape index (κ1) is 12.3. The molecule has 4 nitrogen and oxygen atoms in total. The maximum Gasteiger partial charge on any atom is 0.343 e. The maximum atomic E-state index is 13.4. The van der Waals surface area contributed by atoms with E-state index in [9.17, 15) is 18.0 Å². The second-order valence-electron chi connectivity index (χ2n) is 2.81. The van der Waals surface area contributed by atoms with Crippen LogP contribution in [0.4, 0.5) is 18.9 Å². The van der Waals surface area contributed by atoms with Crippen molar-refractivity contribution in [3.05, 3.63) is 23.3 Å². The molecule has 1 aromatic heterocycles. The minimum Gasteiger partial charge on any atom is -0.462 e. The van der Waals surface area contributed by atoms with Crippen molar-refractivity contribution in [1.82, 2.24) is 4.98 Å². The highest BCUT2D eigenvalue weighted by Crippen LogP contribution is 2.26. The Bertz CT molecular complexity index is 410. The predicted octanol–water partition coefficient (Wildman–Crippen LogP) is 1.92. The molecule has 1 aromatic rings. The lowest BCUT2D eigenvalue weighted by molar-refractivity contribution is 0.0507. The summed E-state index contributed by atoms with van der Waals surface area (Å²) < 4.78 is 42.8. The molecule has 0 aromatic carbocycles. The van der Waals surface area contributed by atoms with Gasteiger partial charge in [-0.2, -0.15) is 0 Å². The topological polar surface area (TPSA) is 65.2 Å². The number of halogens is 3. The van der Waals surface area contributed by atoms with E-state index in [1.54, 1.807) is 0 Å². The molecule has 1 rings (SSSR count). The fourth-order valence-electron chi connectivity index (χ4n) is 1.08. The van der Waals surface area contributed by atoms with Crippen molar-refractivity contribution in [2.75, 3.05) is 12.3 Å². The third-order valence-corrected chi connectivity index (χ3v) is 1.76. The van der Waals surface area contributed by atoms with Gasteiger partial charge in [0.2, 0.25) is 0 Å². The van der Waals surface area contributed by atoms with Crippen molar-refractivity contribution in [3.8, 4) is 0 Å². The Balaban J connectivity index is 3.31. The number of nitrogens with zero attached hydrogens (tertiary/aromatic N) is 1. The van der Waals surface area contributed by atoms with Gasteiger partial charge in [0.15, 0.2) is 5.82 Å². The largest absolute Gasteiger partial charge is 0.462 e. The molecule has 0 aliphatic carbocycles. The lowest BCUT2D eigenvalue weighted by Gasteiger charge is -2.09. The maximum absolute atomic E-state index is 13.4. The molecule has 0 spiro atoms. The molecule has 0 bridgehead atoms. The summed E-state index contributed by atoms with van der Waals surface area (Å²) in [5.41, 5.74) is 2.78. The van der Waals surface area contributed by atoms with E-state index in [4.69, 9.17) is 5.73 Å². The summed E-state index contributed by atoms with van der Waals surface area (Å²) in [5, 5.41) is 0. The van der Waals surface area contributed by atoms with Crippen molar-refractivity contribution < 1.29 is 22.7 Å². The zero-order chi connectivity index (χ0) is 12.3. The highest BCUT2D eigenvalue weighted by Gasteiger charge is 2.26. The van der Waals surface area contributed by atoms with Gasteiger partial charge >= 0.3 is 5.97 Å². The first-order chi connectivity index (χ1) is 7.49. The second-order valence-corrected chi connectivity index (χ2v) is 2.81. The summed E-state index contributed by atoms with van der Waals surface area (Å²) in [4.78, 5) is 14.5. The SMILES string of the molecule is CCOC(=O)c1c(C(F)F)ncc(N)c1F. The quantitative estimate of drug-likeness (QED) is 0.811. The lowest BCUT2D eigenvalue weighted by atomic mass is 10.1. The van der Waals surface area contributed by atoms with Crippen LogP contribution in [0.3, 0.4) is 0 Å². The van der Waals surface area contributed by atoms with E-state index in [1.165, 1.54) is 6.92 Å². The van der Waals surface area contributed by atoms with E-state index in [0.29, 0.717) is 0 Å². The van der Waals surface area contributed by atoms with Crippen LogP contribution in [0.5, 0.6) is 0 Å². The van der Waals surface area contributed by atoms with Crippen LogP contribution in [-0.4, -0.2) is 17.6 Å². The van der Waals surface area contributed by atoms with E-state index in [-0.39, 0.29) is 6.61 Å². The summed E-state index contributed by atoms with van der Waals surface area (Å²) in [5.74, 6) is -2.43. The fraction of sp³-hybridized carbons (Fsp3) is 0.333. The van der Waals surface area contributed by atoms with Crippen molar-refractivity contribution in [3.63, 3.8) is 0 Å². The van der Waals surface area contributed by atoms with Gasteiger partial charge in [-0.05, 0) is 6.92 Å². The van der Waals surface area contributed by atoms with Crippen LogP contribution in [0, 0.1) is 5.82 Å². The van der Waals surface area contributed by atoms with Crippen LogP contribution in [-0.2, 0) is 4.74 Å². The molecule has 88 valence electrons. The van der Waals surface area contributed by atoms with Crippen molar-refractivity contribution in [1.29, 1.82) is 0 Å². The average Bonchev–Trinajstić information content (AvgIpc) is 2.21.